The van der Waals surface area contributed by atoms with Gasteiger partial charge in [0, 0.05) is 6.20 Å². The highest BCUT2D eigenvalue weighted by Crippen LogP contribution is 2.34. The third-order valence-electron chi connectivity index (χ3n) is 2.63. The van der Waals surface area contributed by atoms with Gasteiger partial charge in [0.25, 0.3) is 0 Å². The molecule has 0 aliphatic carbocycles. The Kier molecular flexibility index (Phi) is 2.29. The largest absolute Gasteiger partial charge is 0.490 e. The van der Waals surface area contributed by atoms with Crippen LogP contribution in [0, 0.1) is 0 Å². The Bertz CT molecular complexity index is 544. The standard InChI is InChI=1S/C12H12N4O/c13-11-5-6-14-12(15-11)16-7-8-17-10-4-2-1-3-9(10)16/h1-6H,7-8H2,(H2,13,14,15). The molecule has 0 fully saturated rings. The molecule has 2 heterocycles. The number of benzene rings is 1. The van der Waals surface area contributed by atoms with Crippen LogP contribution >= 0.6 is 0 Å². The maximum atomic E-state index is 5.68. The Morgan fingerprint density at radius 1 is 1.24 bits per heavy atom. The summed E-state index contributed by atoms with van der Waals surface area (Å²) in [6, 6.07) is 9.51. The number of aromatic nitrogens is 2. The zero-order valence-corrected chi connectivity index (χ0v) is 9.21. The molecule has 0 spiro atoms. The van der Waals surface area contributed by atoms with Gasteiger partial charge >= 0.3 is 0 Å². The first-order valence-corrected chi connectivity index (χ1v) is 5.42. The lowest BCUT2D eigenvalue weighted by Crippen LogP contribution is -2.29. The van der Waals surface area contributed by atoms with E-state index < -0.39 is 0 Å². The molecule has 5 heteroatoms. The van der Waals surface area contributed by atoms with Gasteiger partial charge in [-0.05, 0) is 18.2 Å². The number of ether oxygens (including phenoxy) is 1. The molecule has 1 aliphatic rings. The van der Waals surface area contributed by atoms with Crippen LogP contribution in [0.3, 0.4) is 0 Å². The van der Waals surface area contributed by atoms with Crippen molar-refractivity contribution in [2.24, 2.45) is 0 Å². The molecule has 17 heavy (non-hydrogen) atoms. The number of nitrogen functional groups attached to an aromatic ring is 1. The number of rotatable bonds is 1. The second-order valence-corrected chi connectivity index (χ2v) is 3.75. The van der Waals surface area contributed by atoms with Gasteiger partial charge in [-0.1, -0.05) is 12.1 Å². The number of para-hydroxylation sites is 2. The lowest BCUT2D eigenvalue weighted by Gasteiger charge is -2.29. The Labute approximate surface area is 98.9 Å². The van der Waals surface area contributed by atoms with Crippen molar-refractivity contribution in [2.75, 3.05) is 23.8 Å². The summed E-state index contributed by atoms with van der Waals surface area (Å²) in [5, 5.41) is 0. The average molecular weight is 228 g/mol. The second-order valence-electron chi connectivity index (χ2n) is 3.75. The Balaban J connectivity index is 2.06. The molecular weight excluding hydrogens is 216 g/mol. The van der Waals surface area contributed by atoms with Gasteiger partial charge in [-0.3, -0.25) is 0 Å². The van der Waals surface area contributed by atoms with E-state index in [4.69, 9.17) is 10.5 Å². The molecule has 0 unspecified atom stereocenters. The fraction of sp³-hybridized carbons (Fsp3) is 0.167. The fourth-order valence-electron chi connectivity index (χ4n) is 1.87. The molecule has 1 aromatic carbocycles. The van der Waals surface area contributed by atoms with E-state index in [1.54, 1.807) is 12.3 Å². The van der Waals surface area contributed by atoms with Crippen molar-refractivity contribution in [1.82, 2.24) is 9.97 Å². The zero-order chi connectivity index (χ0) is 11.7. The highest BCUT2D eigenvalue weighted by atomic mass is 16.5. The van der Waals surface area contributed by atoms with Gasteiger partial charge in [-0.15, -0.1) is 0 Å². The summed E-state index contributed by atoms with van der Waals surface area (Å²) in [6.07, 6.45) is 1.66. The van der Waals surface area contributed by atoms with Crippen LogP contribution in [0.15, 0.2) is 36.5 Å². The summed E-state index contributed by atoms with van der Waals surface area (Å²) < 4.78 is 5.58. The van der Waals surface area contributed by atoms with Gasteiger partial charge in [-0.2, -0.15) is 4.98 Å². The van der Waals surface area contributed by atoms with Crippen molar-refractivity contribution in [3.63, 3.8) is 0 Å². The van der Waals surface area contributed by atoms with Crippen molar-refractivity contribution >= 4 is 17.5 Å². The highest BCUT2D eigenvalue weighted by molar-refractivity contribution is 5.66. The molecule has 0 saturated carbocycles. The molecule has 0 atom stereocenters. The third-order valence-corrected chi connectivity index (χ3v) is 2.63. The van der Waals surface area contributed by atoms with Crippen LogP contribution in [0.25, 0.3) is 0 Å². The van der Waals surface area contributed by atoms with Gasteiger partial charge in [0.2, 0.25) is 5.95 Å². The predicted molar refractivity (Wildman–Crippen MR) is 65.4 cm³/mol. The molecule has 2 N–H and O–H groups in total. The monoisotopic (exact) mass is 228 g/mol. The topological polar surface area (TPSA) is 64.3 Å². The van der Waals surface area contributed by atoms with Crippen LogP contribution in [-0.2, 0) is 0 Å². The predicted octanol–water partition coefficient (Wildman–Crippen LogP) is 1.59. The summed E-state index contributed by atoms with van der Waals surface area (Å²) in [5.41, 5.74) is 6.65. The summed E-state index contributed by atoms with van der Waals surface area (Å²) in [7, 11) is 0. The number of hydrogen-bond donors (Lipinski definition) is 1. The highest BCUT2D eigenvalue weighted by Gasteiger charge is 2.20. The average Bonchev–Trinajstić information content (AvgIpc) is 2.38. The van der Waals surface area contributed by atoms with Gasteiger partial charge in [0.15, 0.2) is 0 Å². The smallest absolute Gasteiger partial charge is 0.232 e. The molecular formula is C12H12N4O. The fourth-order valence-corrected chi connectivity index (χ4v) is 1.87. The zero-order valence-electron chi connectivity index (χ0n) is 9.21. The van der Waals surface area contributed by atoms with Gasteiger partial charge in [0.1, 0.15) is 18.2 Å². The van der Waals surface area contributed by atoms with E-state index in [9.17, 15) is 0 Å². The SMILES string of the molecule is Nc1ccnc(N2CCOc3ccccc32)n1. The number of fused-ring (bicyclic) bond motifs is 1. The number of hydrogen-bond acceptors (Lipinski definition) is 5. The van der Waals surface area contributed by atoms with E-state index >= 15 is 0 Å². The maximum Gasteiger partial charge on any atom is 0.232 e. The number of nitrogens with two attached hydrogens (primary N) is 1. The van der Waals surface area contributed by atoms with E-state index in [1.165, 1.54) is 0 Å². The van der Waals surface area contributed by atoms with Gasteiger partial charge < -0.3 is 15.4 Å². The summed E-state index contributed by atoms with van der Waals surface area (Å²) >= 11 is 0. The molecule has 2 aromatic rings. The molecule has 0 amide bonds. The molecule has 1 aromatic heterocycles. The number of nitrogens with zero attached hydrogens (tertiary/aromatic N) is 3. The van der Waals surface area contributed by atoms with E-state index in [1.807, 2.05) is 29.2 Å². The lowest BCUT2D eigenvalue weighted by atomic mass is 10.2. The summed E-state index contributed by atoms with van der Waals surface area (Å²) in [5.74, 6) is 1.93. The van der Waals surface area contributed by atoms with Crippen molar-refractivity contribution in [2.45, 2.75) is 0 Å². The van der Waals surface area contributed by atoms with Crippen LogP contribution in [0.5, 0.6) is 5.75 Å². The Morgan fingerprint density at radius 2 is 2.12 bits per heavy atom. The van der Waals surface area contributed by atoms with E-state index in [-0.39, 0.29) is 0 Å². The molecule has 3 rings (SSSR count). The minimum absolute atomic E-state index is 0.471. The quantitative estimate of drug-likeness (QED) is 0.803. The normalized spacial score (nSPS) is 14.0. The van der Waals surface area contributed by atoms with Crippen LogP contribution in [0.2, 0.25) is 0 Å². The van der Waals surface area contributed by atoms with Gasteiger partial charge in [-0.25, -0.2) is 4.98 Å². The molecule has 5 nitrogen and oxygen atoms in total. The van der Waals surface area contributed by atoms with Gasteiger partial charge in [0.05, 0.1) is 12.2 Å². The molecule has 1 aliphatic heterocycles. The van der Waals surface area contributed by atoms with Crippen LogP contribution in [-0.4, -0.2) is 23.1 Å². The minimum atomic E-state index is 0.471. The summed E-state index contributed by atoms with van der Waals surface area (Å²) in [6.45, 7) is 1.34. The third kappa shape index (κ3) is 1.75. The number of anilines is 3. The van der Waals surface area contributed by atoms with Crippen molar-refractivity contribution in [1.29, 1.82) is 0 Å². The molecule has 0 radical (unpaired) electrons. The second kappa shape index (κ2) is 3.93. The minimum Gasteiger partial charge on any atom is -0.490 e. The van der Waals surface area contributed by atoms with Crippen molar-refractivity contribution in [3.8, 4) is 5.75 Å². The Morgan fingerprint density at radius 3 is 3.00 bits per heavy atom. The van der Waals surface area contributed by atoms with Crippen LogP contribution in [0.1, 0.15) is 0 Å². The van der Waals surface area contributed by atoms with Crippen LogP contribution < -0.4 is 15.4 Å². The van der Waals surface area contributed by atoms with Crippen molar-refractivity contribution in [3.05, 3.63) is 36.5 Å². The first-order valence-electron chi connectivity index (χ1n) is 5.42. The van der Waals surface area contributed by atoms with E-state index in [2.05, 4.69) is 9.97 Å². The van der Waals surface area contributed by atoms with E-state index in [0.29, 0.717) is 18.4 Å². The maximum absolute atomic E-state index is 5.68. The Hall–Kier alpha value is -2.30. The molecule has 86 valence electrons. The van der Waals surface area contributed by atoms with Crippen molar-refractivity contribution < 1.29 is 4.74 Å². The first-order chi connectivity index (χ1) is 8.34. The first kappa shape index (κ1) is 9.89. The molecule has 0 bridgehead atoms. The lowest BCUT2D eigenvalue weighted by molar-refractivity contribution is 0.313. The summed E-state index contributed by atoms with van der Waals surface area (Å²) in [4.78, 5) is 10.5. The van der Waals surface area contributed by atoms with Crippen LogP contribution in [0.4, 0.5) is 17.5 Å². The molecule has 0 saturated heterocycles. The van der Waals surface area contributed by atoms with E-state index in [0.717, 1.165) is 18.0 Å².